The highest BCUT2D eigenvalue weighted by molar-refractivity contribution is 5.99. The predicted octanol–water partition coefficient (Wildman–Crippen LogP) is -0.165. The molecule has 0 radical (unpaired) electrons. The molecule has 0 spiro atoms. The van der Waals surface area contributed by atoms with Gasteiger partial charge < -0.3 is 21.1 Å². The maximum absolute atomic E-state index is 12.0. The first-order chi connectivity index (χ1) is 7.95. The lowest BCUT2D eigenvalue weighted by Crippen LogP contribution is -2.35. The van der Waals surface area contributed by atoms with Gasteiger partial charge in [-0.15, -0.1) is 0 Å². The maximum Gasteiger partial charge on any atom is 0.257 e. The van der Waals surface area contributed by atoms with Gasteiger partial charge in [0.1, 0.15) is 5.75 Å². The lowest BCUT2D eigenvalue weighted by Gasteiger charge is -2.17. The van der Waals surface area contributed by atoms with Crippen LogP contribution >= 0.6 is 0 Å². The number of rotatable bonds is 4. The van der Waals surface area contributed by atoms with Crippen LogP contribution in [0.2, 0.25) is 0 Å². The van der Waals surface area contributed by atoms with Crippen LogP contribution < -0.4 is 16.2 Å². The molecule has 0 fully saturated rings. The Morgan fingerprint density at radius 1 is 1.41 bits per heavy atom. The number of nitrogens with two attached hydrogens (primary N) is 2. The Morgan fingerprint density at radius 2 is 2.06 bits per heavy atom. The number of carbonyl (C=O) groups is 2. The van der Waals surface area contributed by atoms with Crippen molar-refractivity contribution in [1.29, 1.82) is 0 Å². The van der Waals surface area contributed by atoms with Crippen LogP contribution in [-0.4, -0.2) is 37.4 Å². The third kappa shape index (κ3) is 3.10. The SMILES string of the molecule is COc1ccc(N)cc1C(=O)N(C)CC(N)=O. The van der Waals surface area contributed by atoms with Crippen molar-refractivity contribution >= 4 is 17.5 Å². The molecule has 4 N–H and O–H groups in total. The molecule has 0 aromatic heterocycles. The zero-order valence-electron chi connectivity index (χ0n) is 9.77. The number of carbonyl (C=O) groups excluding carboxylic acids is 2. The zero-order chi connectivity index (χ0) is 13.0. The zero-order valence-corrected chi connectivity index (χ0v) is 9.77. The maximum atomic E-state index is 12.0. The summed E-state index contributed by atoms with van der Waals surface area (Å²) in [6, 6.07) is 4.73. The molecule has 0 aliphatic heterocycles. The van der Waals surface area contributed by atoms with Crippen molar-refractivity contribution < 1.29 is 14.3 Å². The van der Waals surface area contributed by atoms with Crippen LogP contribution in [0.4, 0.5) is 5.69 Å². The van der Waals surface area contributed by atoms with E-state index < -0.39 is 5.91 Å². The summed E-state index contributed by atoms with van der Waals surface area (Å²) in [6.45, 7) is -0.156. The normalized spacial score (nSPS) is 9.76. The van der Waals surface area contributed by atoms with Crippen molar-refractivity contribution in [2.24, 2.45) is 5.73 Å². The number of amides is 2. The second kappa shape index (κ2) is 5.20. The number of hydrogen-bond acceptors (Lipinski definition) is 4. The van der Waals surface area contributed by atoms with Crippen molar-refractivity contribution in [3.05, 3.63) is 23.8 Å². The molecule has 6 heteroatoms. The largest absolute Gasteiger partial charge is 0.496 e. The van der Waals surface area contributed by atoms with Crippen molar-refractivity contribution in [3.63, 3.8) is 0 Å². The van der Waals surface area contributed by atoms with Gasteiger partial charge >= 0.3 is 0 Å². The van der Waals surface area contributed by atoms with Crippen molar-refractivity contribution in [2.45, 2.75) is 0 Å². The quantitative estimate of drug-likeness (QED) is 0.710. The fourth-order valence-corrected chi connectivity index (χ4v) is 1.40. The first-order valence-corrected chi connectivity index (χ1v) is 4.93. The van der Waals surface area contributed by atoms with Gasteiger partial charge in [-0.05, 0) is 18.2 Å². The number of hydrogen-bond donors (Lipinski definition) is 2. The van der Waals surface area contributed by atoms with E-state index in [2.05, 4.69) is 0 Å². The molecule has 0 unspecified atom stereocenters. The monoisotopic (exact) mass is 237 g/mol. The number of benzene rings is 1. The second-order valence-electron chi connectivity index (χ2n) is 3.59. The van der Waals surface area contributed by atoms with Gasteiger partial charge in [0.25, 0.3) is 5.91 Å². The summed E-state index contributed by atoms with van der Waals surface area (Å²) in [7, 11) is 2.94. The van der Waals surface area contributed by atoms with Crippen LogP contribution in [0.15, 0.2) is 18.2 Å². The third-order valence-corrected chi connectivity index (χ3v) is 2.19. The van der Waals surface area contributed by atoms with Crippen molar-refractivity contribution in [3.8, 4) is 5.75 Å². The fourth-order valence-electron chi connectivity index (χ4n) is 1.40. The van der Waals surface area contributed by atoms with E-state index in [1.165, 1.54) is 25.1 Å². The average Bonchev–Trinajstić information content (AvgIpc) is 2.27. The molecule has 0 heterocycles. The minimum absolute atomic E-state index is 0.156. The standard InChI is InChI=1S/C11H15N3O3/c1-14(6-10(13)15)11(16)8-5-7(12)3-4-9(8)17-2/h3-5H,6,12H2,1-2H3,(H2,13,15). The van der Waals surface area contributed by atoms with Gasteiger partial charge in [0.2, 0.25) is 5.91 Å². The molecule has 1 rings (SSSR count). The Bertz CT molecular complexity index is 446. The Hall–Kier alpha value is -2.24. The number of methoxy groups -OCH3 is 1. The first kappa shape index (κ1) is 12.8. The van der Waals surface area contributed by atoms with Crippen molar-refractivity contribution in [1.82, 2.24) is 4.90 Å². The molecular formula is C11H15N3O3. The van der Waals surface area contributed by atoms with Crippen molar-refractivity contribution in [2.75, 3.05) is 26.4 Å². The molecule has 0 bridgehead atoms. The van der Waals surface area contributed by atoms with Crippen LogP contribution in [-0.2, 0) is 4.79 Å². The number of likely N-dealkylation sites (N-methyl/N-ethyl adjacent to an activating group) is 1. The highest BCUT2D eigenvalue weighted by Gasteiger charge is 2.18. The topological polar surface area (TPSA) is 98.7 Å². The summed E-state index contributed by atoms with van der Waals surface area (Å²) in [5.74, 6) is -0.544. The molecule has 17 heavy (non-hydrogen) atoms. The molecule has 0 aliphatic carbocycles. The highest BCUT2D eigenvalue weighted by atomic mass is 16.5. The number of nitrogen functional groups attached to an aromatic ring is 1. The lowest BCUT2D eigenvalue weighted by atomic mass is 10.1. The molecular weight excluding hydrogens is 222 g/mol. The Labute approximate surface area is 99.1 Å². The van der Waals surface area contributed by atoms with Gasteiger partial charge in [-0.1, -0.05) is 0 Å². The number of anilines is 1. The van der Waals surface area contributed by atoms with E-state index in [9.17, 15) is 9.59 Å². The highest BCUT2D eigenvalue weighted by Crippen LogP contribution is 2.22. The summed E-state index contributed by atoms with van der Waals surface area (Å²) in [4.78, 5) is 23.9. The fraction of sp³-hybridized carbons (Fsp3) is 0.273. The minimum atomic E-state index is -0.580. The average molecular weight is 237 g/mol. The molecule has 0 aliphatic rings. The number of ether oxygens (including phenoxy) is 1. The van der Waals surface area contributed by atoms with E-state index >= 15 is 0 Å². The van der Waals surface area contributed by atoms with Crippen LogP contribution in [0, 0.1) is 0 Å². The molecule has 0 atom stereocenters. The van der Waals surface area contributed by atoms with Crippen LogP contribution in [0.1, 0.15) is 10.4 Å². The third-order valence-electron chi connectivity index (χ3n) is 2.19. The van der Waals surface area contributed by atoms with E-state index in [0.717, 1.165) is 0 Å². The minimum Gasteiger partial charge on any atom is -0.496 e. The molecule has 6 nitrogen and oxygen atoms in total. The van der Waals surface area contributed by atoms with Gasteiger partial charge in [-0.2, -0.15) is 0 Å². The smallest absolute Gasteiger partial charge is 0.257 e. The van der Waals surface area contributed by atoms with Crippen LogP contribution in [0.5, 0.6) is 5.75 Å². The molecule has 1 aromatic carbocycles. The Balaban J connectivity index is 3.02. The summed E-state index contributed by atoms with van der Waals surface area (Å²) >= 11 is 0. The summed E-state index contributed by atoms with van der Waals surface area (Å²) in [5.41, 5.74) is 11.4. The Kier molecular flexibility index (Phi) is 3.92. The second-order valence-corrected chi connectivity index (χ2v) is 3.59. The van der Waals surface area contributed by atoms with Gasteiger partial charge in [0, 0.05) is 12.7 Å². The van der Waals surface area contributed by atoms with Gasteiger partial charge in [0.05, 0.1) is 19.2 Å². The first-order valence-electron chi connectivity index (χ1n) is 4.93. The predicted molar refractivity (Wildman–Crippen MR) is 63.6 cm³/mol. The summed E-state index contributed by atoms with van der Waals surface area (Å²) in [6.07, 6.45) is 0. The summed E-state index contributed by atoms with van der Waals surface area (Å²) in [5, 5.41) is 0. The van der Waals surface area contributed by atoms with Crippen LogP contribution in [0.25, 0.3) is 0 Å². The van der Waals surface area contributed by atoms with E-state index in [4.69, 9.17) is 16.2 Å². The molecule has 2 amide bonds. The van der Waals surface area contributed by atoms with E-state index in [1.807, 2.05) is 0 Å². The molecule has 0 saturated heterocycles. The summed E-state index contributed by atoms with van der Waals surface area (Å²) < 4.78 is 5.06. The van der Waals surface area contributed by atoms with Gasteiger partial charge in [-0.3, -0.25) is 9.59 Å². The lowest BCUT2D eigenvalue weighted by molar-refractivity contribution is -0.118. The number of primary amides is 1. The van der Waals surface area contributed by atoms with E-state index in [0.29, 0.717) is 17.0 Å². The van der Waals surface area contributed by atoms with Gasteiger partial charge in [-0.25, -0.2) is 0 Å². The van der Waals surface area contributed by atoms with E-state index in [-0.39, 0.29) is 12.5 Å². The Morgan fingerprint density at radius 3 is 2.59 bits per heavy atom. The van der Waals surface area contributed by atoms with Gasteiger partial charge in [0.15, 0.2) is 0 Å². The van der Waals surface area contributed by atoms with Crippen LogP contribution in [0.3, 0.4) is 0 Å². The molecule has 92 valence electrons. The molecule has 0 saturated carbocycles. The van der Waals surface area contributed by atoms with E-state index in [1.54, 1.807) is 12.1 Å². The number of nitrogens with zero attached hydrogens (tertiary/aromatic N) is 1. The molecule has 1 aromatic rings.